The Morgan fingerprint density at radius 3 is 2.46 bits per heavy atom. The van der Waals surface area contributed by atoms with Crippen LogP contribution in [0.15, 0.2) is 36.5 Å². The molecule has 0 spiro atoms. The van der Waals surface area contributed by atoms with Gasteiger partial charge in [-0.15, -0.1) is 0 Å². The number of nitrogens with zero attached hydrogens (tertiary/aromatic N) is 3. The molecular formula is C17H18F2N4O. The third kappa shape index (κ3) is 3.68. The number of piperazine rings is 1. The number of anilines is 2. The lowest BCUT2D eigenvalue weighted by atomic mass is 10.2. The zero-order chi connectivity index (χ0) is 17.1. The first-order chi connectivity index (χ1) is 11.5. The van der Waals surface area contributed by atoms with E-state index in [4.69, 9.17) is 0 Å². The molecular weight excluding hydrogens is 314 g/mol. The van der Waals surface area contributed by atoms with Crippen LogP contribution in [0, 0.1) is 11.6 Å². The van der Waals surface area contributed by atoms with Crippen LogP contribution in [0.25, 0.3) is 0 Å². The molecule has 0 saturated carbocycles. The molecule has 126 valence electrons. The summed E-state index contributed by atoms with van der Waals surface area (Å²) in [6, 6.07) is 6.61. The number of pyridine rings is 1. The summed E-state index contributed by atoms with van der Waals surface area (Å²) in [4.78, 5) is 20.8. The molecule has 7 heteroatoms. The molecule has 2 aromatic rings. The van der Waals surface area contributed by atoms with Gasteiger partial charge in [-0.25, -0.2) is 13.8 Å². The predicted molar refractivity (Wildman–Crippen MR) is 88.3 cm³/mol. The molecule has 24 heavy (non-hydrogen) atoms. The largest absolute Gasteiger partial charge is 0.368 e. The number of likely N-dealkylation sites (N-methyl/N-ethyl adjacent to an activating group) is 1. The molecule has 0 aliphatic carbocycles. The first kappa shape index (κ1) is 16.3. The lowest BCUT2D eigenvalue weighted by molar-refractivity contribution is 0.102. The van der Waals surface area contributed by atoms with Crippen molar-refractivity contribution >= 4 is 17.4 Å². The molecule has 0 atom stereocenters. The Morgan fingerprint density at radius 1 is 1.08 bits per heavy atom. The Kier molecular flexibility index (Phi) is 4.71. The van der Waals surface area contributed by atoms with Crippen LogP contribution >= 0.6 is 0 Å². The van der Waals surface area contributed by atoms with Gasteiger partial charge in [0.25, 0.3) is 5.91 Å². The summed E-state index contributed by atoms with van der Waals surface area (Å²) in [5.41, 5.74) is 1.03. The monoisotopic (exact) mass is 332 g/mol. The van der Waals surface area contributed by atoms with Crippen LogP contribution in [0.1, 0.15) is 10.4 Å². The van der Waals surface area contributed by atoms with E-state index in [1.54, 1.807) is 12.3 Å². The van der Waals surface area contributed by atoms with Crippen LogP contribution in [0.3, 0.4) is 0 Å². The van der Waals surface area contributed by atoms with Crippen LogP contribution in [0.2, 0.25) is 0 Å². The Labute approximate surface area is 138 Å². The van der Waals surface area contributed by atoms with Gasteiger partial charge < -0.3 is 15.1 Å². The van der Waals surface area contributed by atoms with Crippen LogP contribution < -0.4 is 10.2 Å². The van der Waals surface area contributed by atoms with E-state index in [-0.39, 0.29) is 5.56 Å². The molecule has 0 radical (unpaired) electrons. The fraction of sp³-hybridized carbons (Fsp3) is 0.294. The van der Waals surface area contributed by atoms with E-state index in [1.165, 1.54) is 6.07 Å². The second-order valence-corrected chi connectivity index (χ2v) is 5.77. The summed E-state index contributed by atoms with van der Waals surface area (Å²) < 4.78 is 26.1. The molecule has 1 fully saturated rings. The van der Waals surface area contributed by atoms with Crippen LogP contribution in [-0.2, 0) is 0 Å². The van der Waals surface area contributed by atoms with E-state index in [0.717, 1.165) is 44.0 Å². The van der Waals surface area contributed by atoms with E-state index in [0.29, 0.717) is 5.82 Å². The van der Waals surface area contributed by atoms with Crippen molar-refractivity contribution in [2.45, 2.75) is 0 Å². The number of carbonyl (C=O) groups is 1. The maximum Gasteiger partial charge on any atom is 0.256 e. The molecule has 5 nitrogen and oxygen atoms in total. The smallest absolute Gasteiger partial charge is 0.256 e. The van der Waals surface area contributed by atoms with Crippen LogP contribution in [-0.4, -0.2) is 49.0 Å². The van der Waals surface area contributed by atoms with Gasteiger partial charge in [0, 0.05) is 31.7 Å². The summed E-state index contributed by atoms with van der Waals surface area (Å²) in [6.07, 6.45) is 1.70. The molecule has 3 rings (SSSR count). The number of amides is 1. The minimum atomic E-state index is -1.05. The molecule has 1 N–H and O–H groups in total. The zero-order valence-electron chi connectivity index (χ0n) is 13.3. The van der Waals surface area contributed by atoms with Crippen molar-refractivity contribution in [1.29, 1.82) is 0 Å². The van der Waals surface area contributed by atoms with Crippen molar-refractivity contribution in [3.8, 4) is 0 Å². The molecule has 0 unspecified atom stereocenters. The summed E-state index contributed by atoms with van der Waals surface area (Å²) in [7, 11) is 2.09. The third-order valence-electron chi connectivity index (χ3n) is 4.04. The van der Waals surface area contributed by atoms with E-state index in [1.807, 2.05) is 6.07 Å². The number of carbonyl (C=O) groups excluding carboxylic acids is 1. The maximum atomic E-state index is 13.2. The highest BCUT2D eigenvalue weighted by atomic mass is 19.2. The third-order valence-corrected chi connectivity index (χ3v) is 4.04. The Hall–Kier alpha value is -2.54. The summed E-state index contributed by atoms with van der Waals surface area (Å²) in [6.45, 7) is 3.85. The Morgan fingerprint density at radius 2 is 1.83 bits per heavy atom. The van der Waals surface area contributed by atoms with Gasteiger partial charge in [0.05, 0.1) is 11.9 Å². The highest BCUT2D eigenvalue weighted by molar-refractivity contribution is 6.03. The van der Waals surface area contributed by atoms with Gasteiger partial charge in [0.15, 0.2) is 11.6 Å². The van der Waals surface area contributed by atoms with Crippen molar-refractivity contribution in [2.24, 2.45) is 0 Å². The second kappa shape index (κ2) is 6.92. The van der Waals surface area contributed by atoms with Crippen molar-refractivity contribution in [2.75, 3.05) is 43.4 Å². The van der Waals surface area contributed by atoms with E-state index in [9.17, 15) is 13.6 Å². The first-order valence-corrected chi connectivity index (χ1v) is 7.69. The fourth-order valence-corrected chi connectivity index (χ4v) is 2.54. The SMILES string of the molecule is CN1CCN(c2ccc(NC(=O)c3ccc(F)c(F)c3)nc2)CC1. The Balaban J connectivity index is 1.65. The number of halogens is 2. The molecule has 1 aromatic carbocycles. The summed E-state index contributed by atoms with van der Waals surface area (Å²) >= 11 is 0. The van der Waals surface area contributed by atoms with Crippen molar-refractivity contribution in [3.63, 3.8) is 0 Å². The van der Waals surface area contributed by atoms with Gasteiger partial charge in [-0.05, 0) is 37.4 Å². The maximum absolute atomic E-state index is 13.2. The van der Waals surface area contributed by atoms with Gasteiger partial charge in [0.2, 0.25) is 0 Å². The van der Waals surface area contributed by atoms with Gasteiger partial charge in [-0.1, -0.05) is 0 Å². The highest BCUT2D eigenvalue weighted by Crippen LogP contribution is 2.17. The standard InChI is InChI=1S/C17H18F2N4O/c1-22-6-8-23(9-7-22)13-3-5-16(20-11-13)21-17(24)12-2-4-14(18)15(19)10-12/h2-5,10-11H,6-9H2,1H3,(H,20,21,24). The zero-order valence-corrected chi connectivity index (χ0v) is 13.3. The lowest BCUT2D eigenvalue weighted by Crippen LogP contribution is -2.44. The van der Waals surface area contributed by atoms with Crippen molar-refractivity contribution in [3.05, 3.63) is 53.7 Å². The average Bonchev–Trinajstić information content (AvgIpc) is 2.59. The molecule has 1 amide bonds. The fourth-order valence-electron chi connectivity index (χ4n) is 2.54. The van der Waals surface area contributed by atoms with Gasteiger partial charge in [-0.2, -0.15) is 0 Å². The minimum absolute atomic E-state index is 0.0406. The van der Waals surface area contributed by atoms with Crippen molar-refractivity contribution < 1.29 is 13.6 Å². The molecule has 2 heterocycles. The first-order valence-electron chi connectivity index (χ1n) is 7.69. The summed E-state index contributed by atoms with van der Waals surface area (Å²) in [5, 5.41) is 2.58. The number of aromatic nitrogens is 1. The average molecular weight is 332 g/mol. The van der Waals surface area contributed by atoms with E-state index >= 15 is 0 Å². The molecule has 1 saturated heterocycles. The number of rotatable bonds is 3. The minimum Gasteiger partial charge on any atom is -0.368 e. The number of nitrogens with one attached hydrogen (secondary N) is 1. The Bertz CT molecular complexity index is 728. The topological polar surface area (TPSA) is 48.5 Å². The van der Waals surface area contributed by atoms with Gasteiger partial charge >= 0.3 is 0 Å². The quantitative estimate of drug-likeness (QED) is 0.937. The van der Waals surface area contributed by atoms with Crippen molar-refractivity contribution in [1.82, 2.24) is 9.88 Å². The lowest BCUT2D eigenvalue weighted by Gasteiger charge is -2.33. The van der Waals surface area contributed by atoms with E-state index in [2.05, 4.69) is 27.1 Å². The molecule has 1 aliphatic rings. The van der Waals surface area contributed by atoms with E-state index < -0.39 is 17.5 Å². The van der Waals surface area contributed by atoms with Crippen LogP contribution in [0.4, 0.5) is 20.3 Å². The molecule has 0 bridgehead atoms. The number of hydrogen-bond donors (Lipinski definition) is 1. The van der Waals surface area contributed by atoms with Gasteiger partial charge in [0.1, 0.15) is 5.82 Å². The molecule has 1 aliphatic heterocycles. The highest BCUT2D eigenvalue weighted by Gasteiger charge is 2.15. The normalized spacial score (nSPS) is 15.4. The predicted octanol–water partition coefficient (Wildman–Crippen LogP) is 2.36. The van der Waals surface area contributed by atoms with Crippen LogP contribution in [0.5, 0.6) is 0 Å². The summed E-state index contributed by atoms with van der Waals surface area (Å²) in [5.74, 6) is -2.21. The number of hydrogen-bond acceptors (Lipinski definition) is 4. The van der Waals surface area contributed by atoms with Gasteiger partial charge in [-0.3, -0.25) is 4.79 Å². The molecule has 1 aromatic heterocycles. The number of benzene rings is 1. The second-order valence-electron chi connectivity index (χ2n) is 5.77.